The highest BCUT2D eigenvalue weighted by molar-refractivity contribution is 6.52. The highest BCUT2D eigenvalue weighted by Crippen LogP contribution is 2.33. The van der Waals surface area contributed by atoms with E-state index in [1.807, 2.05) is 0 Å². The molecule has 94 valence electrons. The SMILES string of the molecule is COC(=O)CN1C(=O)C(=O)c2c(F)ccc(F)c21. The molecule has 0 spiro atoms. The van der Waals surface area contributed by atoms with Crippen LogP contribution in [0.25, 0.3) is 0 Å². The second-order valence-electron chi connectivity index (χ2n) is 3.55. The Kier molecular flexibility index (Phi) is 2.82. The summed E-state index contributed by atoms with van der Waals surface area (Å²) < 4.78 is 31.3. The number of fused-ring (bicyclic) bond motifs is 1. The Balaban J connectivity index is 2.55. The minimum Gasteiger partial charge on any atom is -0.468 e. The smallest absolute Gasteiger partial charge is 0.325 e. The number of hydrogen-bond acceptors (Lipinski definition) is 4. The summed E-state index contributed by atoms with van der Waals surface area (Å²) in [5.41, 5.74) is -1.17. The first-order chi connectivity index (χ1) is 8.47. The number of methoxy groups -OCH3 is 1. The molecule has 1 aromatic rings. The van der Waals surface area contributed by atoms with Gasteiger partial charge in [0.15, 0.2) is 0 Å². The molecule has 2 rings (SSSR count). The minimum absolute atomic E-state index is 0.518. The number of ether oxygens (including phenoxy) is 1. The molecule has 0 bridgehead atoms. The zero-order valence-corrected chi connectivity index (χ0v) is 9.20. The van der Waals surface area contributed by atoms with Crippen LogP contribution < -0.4 is 4.90 Å². The predicted molar refractivity (Wildman–Crippen MR) is 55.1 cm³/mol. The summed E-state index contributed by atoms with van der Waals surface area (Å²) in [6.07, 6.45) is 0. The predicted octanol–water partition coefficient (Wildman–Crippen LogP) is 0.667. The number of Topliss-reactive ketones (excluding diaryl/α,β-unsaturated/α-hetero) is 1. The van der Waals surface area contributed by atoms with E-state index in [2.05, 4.69) is 4.74 Å². The van der Waals surface area contributed by atoms with Crippen LogP contribution >= 0.6 is 0 Å². The van der Waals surface area contributed by atoms with Gasteiger partial charge >= 0.3 is 5.97 Å². The van der Waals surface area contributed by atoms with Gasteiger partial charge in [-0.2, -0.15) is 0 Å². The van der Waals surface area contributed by atoms with Gasteiger partial charge < -0.3 is 4.74 Å². The van der Waals surface area contributed by atoms with Gasteiger partial charge in [0.2, 0.25) is 0 Å². The van der Waals surface area contributed by atoms with E-state index >= 15 is 0 Å². The van der Waals surface area contributed by atoms with Crippen molar-refractivity contribution in [1.29, 1.82) is 0 Å². The summed E-state index contributed by atoms with van der Waals surface area (Å²) in [4.78, 5) is 34.7. The van der Waals surface area contributed by atoms with Crippen molar-refractivity contribution in [3.8, 4) is 0 Å². The van der Waals surface area contributed by atoms with E-state index < -0.39 is 47.1 Å². The number of anilines is 1. The quantitative estimate of drug-likeness (QED) is 0.575. The number of carbonyl (C=O) groups excluding carboxylic acids is 3. The number of esters is 1. The molecule has 7 heteroatoms. The number of ketones is 1. The van der Waals surface area contributed by atoms with Gasteiger partial charge in [-0.15, -0.1) is 0 Å². The molecule has 0 unspecified atom stereocenters. The Hall–Kier alpha value is -2.31. The number of nitrogens with zero attached hydrogens (tertiary/aromatic N) is 1. The maximum Gasteiger partial charge on any atom is 0.325 e. The molecule has 0 aliphatic carbocycles. The molecule has 1 aliphatic heterocycles. The van der Waals surface area contributed by atoms with Gasteiger partial charge in [-0.05, 0) is 12.1 Å². The standard InChI is InChI=1S/C11H7F2NO4/c1-18-7(15)4-14-9-6(13)3-2-5(12)8(9)10(16)11(14)17/h2-3H,4H2,1H3. The summed E-state index contributed by atoms with van der Waals surface area (Å²) in [6.45, 7) is -0.644. The Morgan fingerprint density at radius 2 is 1.89 bits per heavy atom. The first kappa shape index (κ1) is 12.2. The van der Waals surface area contributed by atoms with Crippen LogP contribution in [0.15, 0.2) is 12.1 Å². The second-order valence-corrected chi connectivity index (χ2v) is 3.55. The summed E-state index contributed by atoms with van der Waals surface area (Å²) in [5, 5.41) is 0. The summed E-state index contributed by atoms with van der Waals surface area (Å²) in [6, 6.07) is 1.53. The maximum absolute atomic E-state index is 13.6. The molecule has 0 saturated carbocycles. The zero-order valence-electron chi connectivity index (χ0n) is 9.20. The van der Waals surface area contributed by atoms with Crippen molar-refractivity contribution < 1.29 is 27.9 Å². The number of halogens is 2. The van der Waals surface area contributed by atoms with Crippen LogP contribution in [0.1, 0.15) is 10.4 Å². The highest BCUT2D eigenvalue weighted by atomic mass is 19.1. The van der Waals surface area contributed by atoms with Gasteiger partial charge in [-0.1, -0.05) is 0 Å². The molecule has 0 saturated heterocycles. The lowest BCUT2D eigenvalue weighted by Crippen LogP contribution is -2.35. The summed E-state index contributed by atoms with van der Waals surface area (Å²) in [7, 11) is 1.08. The van der Waals surface area contributed by atoms with Crippen LogP contribution in [0, 0.1) is 11.6 Å². The number of amides is 1. The third kappa shape index (κ3) is 1.64. The molecule has 1 aliphatic rings. The molecule has 0 aromatic heterocycles. The van der Waals surface area contributed by atoms with Crippen molar-refractivity contribution in [2.45, 2.75) is 0 Å². The lowest BCUT2D eigenvalue weighted by atomic mass is 10.1. The Morgan fingerprint density at radius 3 is 2.50 bits per heavy atom. The third-order valence-electron chi connectivity index (χ3n) is 2.53. The number of benzene rings is 1. The van der Waals surface area contributed by atoms with Gasteiger partial charge in [0, 0.05) is 0 Å². The van der Waals surface area contributed by atoms with Crippen LogP contribution in [0.4, 0.5) is 14.5 Å². The van der Waals surface area contributed by atoms with Crippen LogP contribution in [0.3, 0.4) is 0 Å². The summed E-state index contributed by atoms with van der Waals surface area (Å²) in [5.74, 6) is -5.12. The average Bonchev–Trinajstić information content (AvgIpc) is 2.60. The second kappa shape index (κ2) is 4.17. The average molecular weight is 255 g/mol. The van der Waals surface area contributed by atoms with Crippen LogP contribution in [-0.2, 0) is 14.3 Å². The zero-order chi connectivity index (χ0) is 13.4. The van der Waals surface area contributed by atoms with Crippen LogP contribution in [0.2, 0.25) is 0 Å². The fourth-order valence-electron chi connectivity index (χ4n) is 1.70. The lowest BCUT2D eigenvalue weighted by molar-refractivity contribution is -0.139. The van der Waals surface area contributed by atoms with Crippen LogP contribution in [-0.4, -0.2) is 31.3 Å². The minimum atomic E-state index is -1.18. The molecule has 5 nitrogen and oxygen atoms in total. The van der Waals surface area contributed by atoms with Gasteiger partial charge in [0.05, 0.1) is 18.4 Å². The van der Waals surface area contributed by atoms with Crippen molar-refractivity contribution in [3.63, 3.8) is 0 Å². The van der Waals surface area contributed by atoms with E-state index in [9.17, 15) is 23.2 Å². The number of rotatable bonds is 2. The number of carbonyl (C=O) groups is 3. The molecule has 18 heavy (non-hydrogen) atoms. The van der Waals surface area contributed by atoms with Crippen molar-refractivity contribution >= 4 is 23.3 Å². The fraction of sp³-hybridized carbons (Fsp3) is 0.182. The molecule has 1 amide bonds. The first-order valence-corrected chi connectivity index (χ1v) is 4.88. The molecular weight excluding hydrogens is 248 g/mol. The Morgan fingerprint density at radius 1 is 1.28 bits per heavy atom. The summed E-state index contributed by atoms with van der Waals surface area (Å²) >= 11 is 0. The number of hydrogen-bond donors (Lipinski definition) is 0. The third-order valence-corrected chi connectivity index (χ3v) is 2.53. The van der Waals surface area contributed by atoms with E-state index in [0.717, 1.165) is 19.2 Å². The van der Waals surface area contributed by atoms with E-state index in [4.69, 9.17) is 0 Å². The fourth-order valence-corrected chi connectivity index (χ4v) is 1.70. The van der Waals surface area contributed by atoms with Crippen molar-refractivity contribution in [2.75, 3.05) is 18.6 Å². The molecule has 1 aromatic carbocycles. The molecule has 0 radical (unpaired) electrons. The lowest BCUT2D eigenvalue weighted by Gasteiger charge is -2.15. The van der Waals surface area contributed by atoms with Crippen molar-refractivity contribution in [2.24, 2.45) is 0 Å². The topological polar surface area (TPSA) is 63.7 Å². The highest BCUT2D eigenvalue weighted by Gasteiger charge is 2.41. The monoisotopic (exact) mass is 255 g/mol. The maximum atomic E-state index is 13.6. The molecule has 1 heterocycles. The normalized spacial score (nSPS) is 13.8. The van der Waals surface area contributed by atoms with Crippen molar-refractivity contribution in [1.82, 2.24) is 0 Å². The van der Waals surface area contributed by atoms with Crippen molar-refractivity contribution in [3.05, 3.63) is 29.3 Å². The van der Waals surface area contributed by atoms with Gasteiger partial charge in [0.1, 0.15) is 18.2 Å². The molecule has 0 fully saturated rings. The van der Waals surface area contributed by atoms with Gasteiger partial charge in [-0.3, -0.25) is 19.3 Å². The van der Waals surface area contributed by atoms with E-state index in [-0.39, 0.29) is 0 Å². The first-order valence-electron chi connectivity index (χ1n) is 4.88. The van der Waals surface area contributed by atoms with E-state index in [1.54, 1.807) is 0 Å². The Bertz CT molecular complexity index is 570. The molecule has 0 N–H and O–H groups in total. The van der Waals surface area contributed by atoms with Crippen LogP contribution in [0.5, 0.6) is 0 Å². The molecule has 0 atom stereocenters. The van der Waals surface area contributed by atoms with Gasteiger partial charge in [0.25, 0.3) is 11.7 Å². The van der Waals surface area contributed by atoms with Gasteiger partial charge in [-0.25, -0.2) is 8.78 Å². The van der Waals surface area contributed by atoms with E-state index in [1.165, 1.54) is 0 Å². The Labute approximate surface area is 99.9 Å². The molecular formula is C11H7F2NO4. The largest absolute Gasteiger partial charge is 0.468 e. The van der Waals surface area contributed by atoms with E-state index in [0.29, 0.717) is 4.90 Å².